The normalized spacial score (nSPS) is 16.5. The van der Waals surface area contributed by atoms with E-state index in [9.17, 15) is 9.59 Å². The van der Waals surface area contributed by atoms with E-state index < -0.39 is 11.8 Å². The zero-order valence-corrected chi connectivity index (χ0v) is 16.6. The zero-order chi connectivity index (χ0) is 19.9. The lowest BCUT2D eigenvalue weighted by Crippen LogP contribution is -2.52. The maximum Gasteiger partial charge on any atom is 0.311 e. The second kappa shape index (κ2) is 9.75. The molecule has 2 heterocycles. The van der Waals surface area contributed by atoms with E-state index in [0.717, 1.165) is 36.7 Å². The Morgan fingerprint density at radius 2 is 1.89 bits per heavy atom. The summed E-state index contributed by atoms with van der Waals surface area (Å²) in [5, 5.41) is 2.68. The third-order valence-corrected chi connectivity index (χ3v) is 4.75. The van der Waals surface area contributed by atoms with Crippen LogP contribution in [0.4, 0.5) is 0 Å². The lowest BCUT2D eigenvalue weighted by atomic mass is 10.1. The molecule has 1 saturated heterocycles. The van der Waals surface area contributed by atoms with Crippen LogP contribution in [0.1, 0.15) is 25.8 Å². The molecule has 0 saturated carbocycles. The summed E-state index contributed by atoms with van der Waals surface area (Å²) < 4.78 is 16.2. The molecule has 1 aromatic rings. The van der Waals surface area contributed by atoms with E-state index in [0.29, 0.717) is 32.7 Å². The lowest BCUT2D eigenvalue weighted by molar-refractivity contribution is -0.147. The highest BCUT2D eigenvalue weighted by molar-refractivity contribution is 6.35. The monoisotopic (exact) mass is 391 g/mol. The number of piperazine rings is 1. The van der Waals surface area contributed by atoms with Gasteiger partial charge in [0.2, 0.25) is 6.79 Å². The van der Waals surface area contributed by atoms with Crippen LogP contribution in [0, 0.1) is 0 Å². The highest BCUT2D eigenvalue weighted by Gasteiger charge is 2.26. The van der Waals surface area contributed by atoms with Gasteiger partial charge in [0.25, 0.3) is 0 Å². The molecule has 28 heavy (non-hydrogen) atoms. The molecule has 0 aliphatic carbocycles. The first kappa shape index (κ1) is 20.4. The van der Waals surface area contributed by atoms with E-state index in [1.807, 2.05) is 32.0 Å². The Morgan fingerprint density at radius 3 is 2.64 bits per heavy atom. The average molecular weight is 391 g/mol. The van der Waals surface area contributed by atoms with Gasteiger partial charge in [-0.1, -0.05) is 6.07 Å². The highest BCUT2D eigenvalue weighted by atomic mass is 16.7. The molecule has 2 aliphatic heterocycles. The first-order valence-electron chi connectivity index (χ1n) is 9.82. The van der Waals surface area contributed by atoms with Crippen molar-refractivity contribution in [1.29, 1.82) is 0 Å². The quantitative estimate of drug-likeness (QED) is 0.552. The fraction of sp³-hybridized carbons (Fsp3) is 0.600. The predicted molar refractivity (Wildman–Crippen MR) is 103 cm³/mol. The van der Waals surface area contributed by atoms with Crippen LogP contribution in [0.15, 0.2) is 18.2 Å². The molecule has 2 aliphatic rings. The van der Waals surface area contributed by atoms with Crippen molar-refractivity contribution in [1.82, 2.24) is 15.1 Å². The molecular weight excluding hydrogens is 362 g/mol. The second-order valence-corrected chi connectivity index (χ2v) is 7.28. The Labute approximate surface area is 165 Å². The van der Waals surface area contributed by atoms with Crippen LogP contribution < -0.4 is 14.8 Å². The van der Waals surface area contributed by atoms with Gasteiger partial charge in [0.15, 0.2) is 11.5 Å². The van der Waals surface area contributed by atoms with Crippen molar-refractivity contribution < 1.29 is 23.8 Å². The maximum atomic E-state index is 12.3. The molecule has 3 rings (SSSR count). The van der Waals surface area contributed by atoms with Crippen LogP contribution in [-0.4, -0.2) is 73.8 Å². The molecule has 0 radical (unpaired) electrons. The first-order chi connectivity index (χ1) is 13.5. The first-order valence-corrected chi connectivity index (χ1v) is 9.82. The van der Waals surface area contributed by atoms with Crippen LogP contribution in [0.2, 0.25) is 0 Å². The Morgan fingerprint density at radius 1 is 1.14 bits per heavy atom. The van der Waals surface area contributed by atoms with E-state index in [-0.39, 0.29) is 12.9 Å². The van der Waals surface area contributed by atoms with Crippen molar-refractivity contribution >= 4 is 11.8 Å². The molecule has 0 atom stereocenters. The molecule has 0 spiro atoms. The molecule has 0 unspecified atom stereocenters. The van der Waals surface area contributed by atoms with Gasteiger partial charge in [-0.25, -0.2) is 0 Å². The van der Waals surface area contributed by atoms with Gasteiger partial charge in [-0.3, -0.25) is 14.5 Å². The fourth-order valence-corrected chi connectivity index (χ4v) is 3.22. The molecule has 2 amide bonds. The Balaban J connectivity index is 1.37. The third kappa shape index (κ3) is 5.59. The molecule has 0 bridgehead atoms. The number of ether oxygens (including phenoxy) is 3. The lowest BCUT2D eigenvalue weighted by Gasteiger charge is -2.34. The summed E-state index contributed by atoms with van der Waals surface area (Å²) in [5.74, 6) is 0.573. The van der Waals surface area contributed by atoms with Crippen molar-refractivity contribution in [3.05, 3.63) is 23.8 Å². The van der Waals surface area contributed by atoms with Crippen LogP contribution >= 0.6 is 0 Å². The number of nitrogens with zero attached hydrogens (tertiary/aromatic N) is 2. The summed E-state index contributed by atoms with van der Waals surface area (Å²) in [6, 6.07) is 5.95. The molecule has 1 N–H and O–H groups in total. The topological polar surface area (TPSA) is 80.3 Å². The Hall–Kier alpha value is -2.32. The molecule has 8 nitrogen and oxygen atoms in total. The van der Waals surface area contributed by atoms with Crippen molar-refractivity contribution in [3.63, 3.8) is 0 Å². The van der Waals surface area contributed by atoms with E-state index in [2.05, 4.69) is 10.2 Å². The summed E-state index contributed by atoms with van der Waals surface area (Å²) in [6.45, 7) is 8.56. The largest absolute Gasteiger partial charge is 0.454 e. The van der Waals surface area contributed by atoms with Crippen LogP contribution in [0.3, 0.4) is 0 Å². The predicted octanol–water partition coefficient (Wildman–Crippen LogP) is 0.991. The van der Waals surface area contributed by atoms with E-state index >= 15 is 0 Å². The number of carbonyl (C=O) groups is 2. The van der Waals surface area contributed by atoms with Gasteiger partial charge in [0, 0.05) is 45.9 Å². The summed E-state index contributed by atoms with van der Waals surface area (Å²) >= 11 is 0. The highest BCUT2D eigenvalue weighted by Crippen LogP contribution is 2.32. The van der Waals surface area contributed by atoms with Gasteiger partial charge in [-0.05, 0) is 38.0 Å². The van der Waals surface area contributed by atoms with Crippen molar-refractivity contribution in [2.24, 2.45) is 0 Å². The number of amides is 2. The summed E-state index contributed by atoms with van der Waals surface area (Å²) in [5.41, 5.74) is 1.14. The molecule has 1 fully saturated rings. The summed E-state index contributed by atoms with van der Waals surface area (Å²) in [4.78, 5) is 28.2. The third-order valence-electron chi connectivity index (χ3n) is 4.75. The number of rotatable bonds is 7. The minimum Gasteiger partial charge on any atom is -0.454 e. The minimum atomic E-state index is -0.534. The number of hydrogen-bond donors (Lipinski definition) is 1. The van der Waals surface area contributed by atoms with E-state index in [1.165, 1.54) is 0 Å². The number of fused-ring (bicyclic) bond motifs is 1. The van der Waals surface area contributed by atoms with Gasteiger partial charge in [-0.15, -0.1) is 0 Å². The number of nitrogens with one attached hydrogen (secondary N) is 1. The SMILES string of the molecule is CC(C)OCCCNC(=O)C(=O)N1CCN(Cc2ccc3c(c2)OCO3)CC1. The van der Waals surface area contributed by atoms with Crippen LogP contribution in [0.25, 0.3) is 0 Å². The van der Waals surface area contributed by atoms with Crippen LogP contribution in [-0.2, 0) is 20.9 Å². The van der Waals surface area contributed by atoms with Crippen molar-refractivity contribution in [2.45, 2.75) is 32.9 Å². The Bertz CT molecular complexity index is 686. The second-order valence-electron chi connectivity index (χ2n) is 7.28. The number of benzene rings is 1. The molecule has 0 aromatic heterocycles. The fourth-order valence-electron chi connectivity index (χ4n) is 3.22. The maximum absolute atomic E-state index is 12.3. The van der Waals surface area contributed by atoms with Gasteiger partial charge in [0.1, 0.15) is 0 Å². The van der Waals surface area contributed by atoms with Crippen molar-refractivity contribution in [2.75, 3.05) is 46.1 Å². The standard InChI is InChI=1S/C20H29N3O5/c1-15(2)26-11-3-6-21-19(24)20(25)23-9-7-22(8-10-23)13-16-4-5-17-18(12-16)28-14-27-17/h4-5,12,15H,3,6-11,13-14H2,1-2H3,(H,21,24). The summed E-state index contributed by atoms with van der Waals surface area (Å²) in [6.07, 6.45) is 0.867. The van der Waals surface area contributed by atoms with Crippen molar-refractivity contribution in [3.8, 4) is 11.5 Å². The molecule has 154 valence electrons. The molecule has 8 heteroatoms. The minimum absolute atomic E-state index is 0.172. The van der Waals surface area contributed by atoms with Gasteiger partial charge in [-0.2, -0.15) is 0 Å². The van der Waals surface area contributed by atoms with E-state index in [1.54, 1.807) is 4.90 Å². The average Bonchev–Trinajstić information content (AvgIpc) is 3.15. The Kier molecular flexibility index (Phi) is 7.11. The van der Waals surface area contributed by atoms with Crippen LogP contribution in [0.5, 0.6) is 11.5 Å². The zero-order valence-electron chi connectivity index (χ0n) is 16.6. The van der Waals surface area contributed by atoms with Gasteiger partial charge < -0.3 is 24.4 Å². The smallest absolute Gasteiger partial charge is 0.311 e. The number of hydrogen-bond acceptors (Lipinski definition) is 6. The van der Waals surface area contributed by atoms with Gasteiger partial charge in [0.05, 0.1) is 6.10 Å². The summed E-state index contributed by atoms with van der Waals surface area (Å²) in [7, 11) is 0. The van der Waals surface area contributed by atoms with E-state index in [4.69, 9.17) is 14.2 Å². The number of carbonyl (C=O) groups excluding carboxylic acids is 2. The molecule has 1 aromatic carbocycles. The van der Waals surface area contributed by atoms with Gasteiger partial charge >= 0.3 is 11.8 Å². The molecular formula is C20H29N3O5.